The van der Waals surface area contributed by atoms with Gasteiger partial charge in [0.1, 0.15) is 5.69 Å². The fourth-order valence-corrected chi connectivity index (χ4v) is 1.35. The van der Waals surface area contributed by atoms with Gasteiger partial charge in [0.05, 0.1) is 21.1 Å². The highest BCUT2D eigenvalue weighted by Crippen LogP contribution is 2.14. The van der Waals surface area contributed by atoms with E-state index >= 15 is 0 Å². The molecule has 0 bridgehead atoms. The van der Waals surface area contributed by atoms with Gasteiger partial charge in [-0.3, -0.25) is 4.48 Å². The Bertz CT molecular complexity index is 265. The first kappa shape index (κ1) is 16.2. The molecule has 0 aliphatic carbocycles. The summed E-state index contributed by atoms with van der Waals surface area (Å²) in [5.41, 5.74) is 1.34. The summed E-state index contributed by atoms with van der Waals surface area (Å²) in [6, 6.07) is 10.5. The molecule has 0 heterocycles. The van der Waals surface area contributed by atoms with E-state index in [9.17, 15) is 5.02 Å². The second-order valence-corrected chi connectivity index (χ2v) is 5.01. The monoisotopic (exact) mass is 234 g/mol. The van der Waals surface area contributed by atoms with Crippen LogP contribution < -0.4 is 9.51 Å². The lowest BCUT2D eigenvalue weighted by Crippen LogP contribution is -2.34. The van der Waals surface area contributed by atoms with Gasteiger partial charge >= 0.3 is 0 Å². The summed E-state index contributed by atoms with van der Waals surface area (Å²) in [5.74, 6) is 0. The van der Waals surface area contributed by atoms with Gasteiger partial charge in [-0.15, -0.1) is 6.32 Å². The van der Waals surface area contributed by atoms with Gasteiger partial charge in [-0.2, -0.15) is 0 Å². The van der Waals surface area contributed by atoms with E-state index in [2.05, 4.69) is 52.3 Å². The molecule has 1 rings (SSSR count). The average molecular weight is 234 g/mol. The predicted octanol–water partition coefficient (Wildman–Crippen LogP) is 2.46. The van der Waals surface area contributed by atoms with Crippen LogP contribution in [0.25, 0.3) is 0 Å². The van der Waals surface area contributed by atoms with Crippen molar-refractivity contribution in [1.29, 1.82) is 0 Å². The third kappa shape index (κ3) is 8.96. The Morgan fingerprint density at radius 2 is 1.65 bits per heavy atom. The first-order valence-corrected chi connectivity index (χ1v) is 6.33. The average Bonchev–Trinajstić information content (AvgIpc) is 2.31. The first-order valence-electron chi connectivity index (χ1n) is 6.33. The van der Waals surface area contributed by atoms with Crippen molar-refractivity contribution in [3.05, 3.63) is 30.3 Å². The van der Waals surface area contributed by atoms with E-state index in [0.29, 0.717) is 0 Å². The Balaban J connectivity index is 0.000000325. The molecule has 0 saturated heterocycles. The second kappa shape index (κ2) is 9.26. The van der Waals surface area contributed by atoms with E-state index in [4.69, 9.17) is 0 Å². The molecule has 95 valence electrons. The zero-order chi connectivity index (χ0) is 13.1. The van der Waals surface area contributed by atoms with Crippen LogP contribution >= 0.6 is 0 Å². The molecule has 0 fully saturated rings. The molecule has 0 unspecified atom stereocenters. The summed E-state index contributed by atoms with van der Waals surface area (Å²) in [6.07, 6.45) is 4.21. The lowest BCUT2D eigenvalue weighted by Gasteiger charge is -2.22. The molecular weight excluding hydrogens is 209 g/mol. The fourth-order valence-electron chi connectivity index (χ4n) is 1.35. The van der Waals surface area contributed by atoms with Crippen LogP contribution in [0, 0.1) is 0 Å². The van der Waals surface area contributed by atoms with Gasteiger partial charge in [-0.1, -0.05) is 44.4 Å². The van der Waals surface area contributed by atoms with E-state index in [1.165, 1.54) is 18.5 Å². The molecule has 0 aliphatic rings. The summed E-state index contributed by atoms with van der Waals surface area (Å²) in [7, 11) is 7.47. The van der Waals surface area contributed by atoms with E-state index in [0.717, 1.165) is 24.7 Å². The topological polar surface area (TPSA) is 23.1 Å². The van der Waals surface area contributed by atoms with Crippen LogP contribution in [0.15, 0.2) is 30.3 Å². The molecule has 0 atom stereocenters. The fraction of sp³-hybridized carbons (Fsp3) is 0.571. The largest absolute Gasteiger partial charge is 0.885 e. The van der Waals surface area contributed by atoms with E-state index < -0.39 is 0 Å². The molecule has 1 radical (unpaired) electrons. The third-order valence-electron chi connectivity index (χ3n) is 2.46. The van der Waals surface area contributed by atoms with Crippen molar-refractivity contribution in [3.8, 4) is 0 Å². The number of hydrogen-bond donors (Lipinski definition) is 0. The van der Waals surface area contributed by atoms with Gasteiger partial charge in [0.15, 0.2) is 0 Å². The van der Waals surface area contributed by atoms with Crippen molar-refractivity contribution in [2.24, 2.45) is 0 Å². The van der Waals surface area contributed by atoms with Gasteiger partial charge in [0, 0.05) is 0 Å². The number of rotatable bonds is 5. The molecule has 3 heteroatoms. The number of benzene rings is 1. The highest BCUT2D eigenvalue weighted by molar-refractivity contribution is 6.22. The van der Waals surface area contributed by atoms with Crippen LogP contribution in [0.2, 0.25) is 6.32 Å². The zero-order valence-electron chi connectivity index (χ0n) is 11.6. The zero-order valence-corrected chi connectivity index (χ0v) is 11.6. The Morgan fingerprint density at radius 3 is 2.00 bits per heavy atom. The van der Waals surface area contributed by atoms with Crippen molar-refractivity contribution in [2.75, 3.05) is 21.1 Å². The van der Waals surface area contributed by atoms with Crippen LogP contribution in [0.1, 0.15) is 26.2 Å². The van der Waals surface area contributed by atoms with Crippen molar-refractivity contribution in [3.63, 3.8) is 0 Å². The molecule has 0 amide bonds. The molecule has 0 spiro atoms. The quantitative estimate of drug-likeness (QED) is 0.436. The summed E-state index contributed by atoms with van der Waals surface area (Å²) in [4.78, 5) is 0. The highest BCUT2D eigenvalue weighted by Gasteiger charge is 2.08. The van der Waals surface area contributed by atoms with Crippen LogP contribution in [-0.2, 0) is 0 Å². The Labute approximate surface area is 107 Å². The molecule has 0 saturated carbocycles. The van der Waals surface area contributed by atoms with E-state index in [-0.39, 0.29) is 0 Å². The standard InChI is InChI=1S/C9H14N.C5H11BO/c1-10(2,3)9-7-5-4-6-8-9;1-2-3-4-5-6-7/h4-8H,1-3H3;2-5H2,1H3/q+1;-1. The predicted molar refractivity (Wildman–Crippen MR) is 76.1 cm³/mol. The van der Waals surface area contributed by atoms with E-state index in [1.54, 1.807) is 0 Å². The SMILES string of the molecule is CCCCC[B][O-].C[N+](C)(C)c1ccccc1. The second-order valence-electron chi connectivity index (χ2n) is 5.01. The highest BCUT2D eigenvalue weighted by atomic mass is 16.2. The van der Waals surface area contributed by atoms with E-state index in [1.807, 2.05) is 6.07 Å². The number of unbranched alkanes of at least 4 members (excludes halogenated alkanes) is 2. The van der Waals surface area contributed by atoms with Crippen molar-refractivity contribution < 1.29 is 5.02 Å². The number of nitrogens with zero attached hydrogens (tertiary/aromatic N) is 1. The van der Waals surface area contributed by atoms with Gasteiger partial charge < -0.3 is 5.02 Å². The Kier molecular flexibility index (Phi) is 8.82. The lowest BCUT2D eigenvalue weighted by molar-refractivity contribution is -0.181. The van der Waals surface area contributed by atoms with Crippen molar-refractivity contribution >= 4 is 13.2 Å². The summed E-state index contributed by atoms with van der Waals surface area (Å²) >= 11 is 0. The maximum atomic E-state index is 9.68. The first-order chi connectivity index (χ1) is 8.02. The van der Waals surface area contributed by atoms with Crippen LogP contribution in [0.4, 0.5) is 5.69 Å². The smallest absolute Gasteiger partial charge is 0.132 e. The number of quaternary nitrogens is 1. The van der Waals surface area contributed by atoms with Gasteiger partial charge in [0.25, 0.3) is 0 Å². The van der Waals surface area contributed by atoms with Gasteiger partial charge in [-0.25, -0.2) is 0 Å². The molecule has 17 heavy (non-hydrogen) atoms. The van der Waals surface area contributed by atoms with Crippen LogP contribution in [0.3, 0.4) is 0 Å². The van der Waals surface area contributed by atoms with Crippen LogP contribution in [0.5, 0.6) is 0 Å². The normalized spacial score (nSPS) is 10.4. The minimum atomic E-state index is 0.744. The summed E-state index contributed by atoms with van der Waals surface area (Å²) in [5, 5.41) is 9.68. The third-order valence-corrected chi connectivity index (χ3v) is 2.46. The van der Waals surface area contributed by atoms with Crippen molar-refractivity contribution in [1.82, 2.24) is 4.48 Å². The lowest BCUT2D eigenvalue weighted by atomic mass is 9.92. The molecule has 0 aromatic heterocycles. The summed E-state index contributed by atoms with van der Waals surface area (Å²) < 4.78 is 0.890. The minimum Gasteiger partial charge on any atom is -0.885 e. The Morgan fingerprint density at radius 1 is 1.06 bits per heavy atom. The molecule has 2 nitrogen and oxygen atoms in total. The van der Waals surface area contributed by atoms with Crippen LogP contribution in [-0.4, -0.2) is 28.6 Å². The minimum absolute atomic E-state index is 0.744. The van der Waals surface area contributed by atoms with Gasteiger partial charge in [-0.05, 0) is 19.6 Å². The maximum Gasteiger partial charge on any atom is 0.132 e. The molecule has 1 aromatic carbocycles. The molecule has 0 N–H and O–H groups in total. The molecule has 1 aromatic rings. The maximum absolute atomic E-state index is 9.68. The Hall–Kier alpha value is -0.795. The molecule has 0 aliphatic heterocycles. The van der Waals surface area contributed by atoms with Crippen molar-refractivity contribution in [2.45, 2.75) is 32.5 Å². The number of hydrogen-bond acceptors (Lipinski definition) is 1. The van der Waals surface area contributed by atoms with Gasteiger partial charge in [0.2, 0.25) is 0 Å². The summed E-state index contributed by atoms with van der Waals surface area (Å²) in [6.45, 7) is 2.13. The number of para-hydroxylation sites is 1. The molecular formula is C14H25BNO.